The van der Waals surface area contributed by atoms with Crippen molar-refractivity contribution in [1.29, 1.82) is 0 Å². The summed E-state index contributed by atoms with van der Waals surface area (Å²) in [6, 6.07) is 2.01. The minimum atomic E-state index is -0.419. The monoisotopic (exact) mass is 389 g/mol. The average molecular weight is 389 g/mol. The standard InChI is InChI=1S/C21H27NO6/c1-4-26-18(24)7-6-16-13(2)17-10-15-11-22(8-5-9-23)12-27-19(15)14(3)20(17)28-21(16)25/h10,23H,4-9,11-12H2,1-3H3. The molecular formula is C21H27NO6. The first kappa shape index (κ1) is 20.4. The van der Waals surface area contributed by atoms with Crippen molar-refractivity contribution in [2.24, 2.45) is 0 Å². The fraction of sp³-hybridized carbons (Fsp3) is 0.524. The van der Waals surface area contributed by atoms with Crippen molar-refractivity contribution in [2.75, 3.05) is 26.5 Å². The summed E-state index contributed by atoms with van der Waals surface area (Å²) in [4.78, 5) is 26.3. The lowest BCUT2D eigenvalue weighted by Gasteiger charge is -2.30. The molecule has 0 spiro atoms. The van der Waals surface area contributed by atoms with Crippen LogP contribution in [0.4, 0.5) is 0 Å². The maximum atomic E-state index is 12.5. The molecule has 0 aliphatic carbocycles. The Morgan fingerprint density at radius 1 is 1.32 bits per heavy atom. The van der Waals surface area contributed by atoms with Crippen molar-refractivity contribution in [1.82, 2.24) is 4.90 Å². The van der Waals surface area contributed by atoms with E-state index in [2.05, 4.69) is 4.90 Å². The van der Waals surface area contributed by atoms with Gasteiger partial charge in [0.2, 0.25) is 0 Å². The second-order valence-corrected chi connectivity index (χ2v) is 7.07. The Morgan fingerprint density at radius 2 is 2.11 bits per heavy atom. The van der Waals surface area contributed by atoms with Crippen LogP contribution < -0.4 is 10.4 Å². The molecule has 0 saturated carbocycles. The van der Waals surface area contributed by atoms with Crippen LogP contribution in [0.15, 0.2) is 15.3 Å². The number of ether oxygens (including phenoxy) is 2. The van der Waals surface area contributed by atoms with E-state index in [-0.39, 0.29) is 25.4 Å². The van der Waals surface area contributed by atoms with Crippen molar-refractivity contribution < 1.29 is 23.8 Å². The van der Waals surface area contributed by atoms with Crippen LogP contribution >= 0.6 is 0 Å². The van der Waals surface area contributed by atoms with Gasteiger partial charge < -0.3 is 19.0 Å². The molecule has 0 bridgehead atoms. The molecule has 1 aromatic carbocycles. The van der Waals surface area contributed by atoms with Gasteiger partial charge in [-0.05, 0) is 45.2 Å². The molecule has 28 heavy (non-hydrogen) atoms. The van der Waals surface area contributed by atoms with Gasteiger partial charge in [0.25, 0.3) is 0 Å². The van der Waals surface area contributed by atoms with Crippen molar-refractivity contribution in [2.45, 2.75) is 46.6 Å². The molecule has 1 aromatic heterocycles. The summed E-state index contributed by atoms with van der Waals surface area (Å²) in [5.74, 6) is 0.436. The van der Waals surface area contributed by atoms with Gasteiger partial charge in [0, 0.05) is 48.2 Å². The summed E-state index contributed by atoms with van der Waals surface area (Å²) < 4.78 is 16.5. The highest BCUT2D eigenvalue weighted by Crippen LogP contribution is 2.36. The summed E-state index contributed by atoms with van der Waals surface area (Å²) in [5.41, 5.74) is 3.29. The molecule has 7 nitrogen and oxygen atoms in total. The molecule has 0 radical (unpaired) electrons. The number of hydrogen-bond donors (Lipinski definition) is 1. The molecule has 7 heteroatoms. The Labute approximate surface area is 163 Å². The number of aliphatic hydroxyl groups is 1. The zero-order valence-corrected chi connectivity index (χ0v) is 16.7. The van der Waals surface area contributed by atoms with Gasteiger partial charge in [0.1, 0.15) is 18.1 Å². The van der Waals surface area contributed by atoms with Gasteiger partial charge in [-0.1, -0.05) is 0 Å². The molecular weight excluding hydrogens is 362 g/mol. The minimum absolute atomic E-state index is 0.146. The molecule has 1 aliphatic rings. The normalized spacial score (nSPS) is 14.0. The van der Waals surface area contributed by atoms with E-state index in [4.69, 9.17) is 19.0 Å². The average Bonchev–Trinajstić information content (AvgIpc) is 2.67. The zero-order chi connectivity index (χ0) is 20.3. The second kappa shape index (κ2) is 8.75. The lowest BCUT2D eigenvalue weighted by atomic mass is 9.97. The number of esters is 1. The molecule has 0 atom stereocenters. The van der Waals surface area contributed by atoms with E-state index in [1.807, 2.05) is 19.9 Å². The highest BCUT2D eigenvalue weighted by atomic mass is 16.5. The van der Waals surface area contributed by atoms with Gasteiger partial charge in [-0.15, -0.1) is 0 Å². The third-order valence-corrected chi connectivity index (χ3v) is 5.14. The molecule has 3 rings (SSSR count). The molecule has 1 aliphatic heterocycles. The maximum Gasteiger partial charge on any atom is 0.339 e. The summed E-state index contributed by atoms with van der Waals surface area (Å²) in [6.07, 6.45) is 1.13. The van der Waals surface area contributed by atoms with E-state index >= 15 is 0 Å². The van der Waals surface area contributed by atoms with E-state index in [0.717, 1.165) is 34.4 Å². The Bertz CT molecular complexity index is 933. The van der Waals surface area contributed by atoms with Gasteiger partial charge in [0.05, 0.1) is 6.61 Å². The highest BCUT2D eigenvalue weighted by Gasteiger charge is 2.23. The molecule has 0 amide bonds. The van der Waals surface area contributed by atoms with Crippen LogP contribution in [0.3, 0.4) is 0 Å². The molecule has 2 heterocycles. The van der Waals surface area contributed by atoms with Crippen LogP contribution in [0.25, 0.3) is 11.0 Å². The number of aryl methyl sites for hydroxylation is 2. The molecule has 0 unspecified atom stereocenters. The minimum Gasteiger partial charge on any atom is -0.477 e. The zero-order valence-electron chi connectivity index (χ0n) is 16.7. The number of carbonyl (C=O) groups is 1. The number of hydrogen-bond acceptors (Lipinski definition) is 7. The Morgan fingerprint density at radius 3 is 2.82 bits per heavy atom. The smallest absolute Gasteiger partial charge is 0.339 e. The van der Waals surface area contributed by atoms with Gasteiger partial charge in [-0.25, -0.2) is 4.79 Å². The van der Waals surface area contributed by atoms with Crippen molar-refractivity contribution in [3.8, 4) is 5.75 Å². The van der Waals surface area contributed by atoms with E-state index in [1.165, 1.54) is 0 Å². The predicted octanol–water partition coefficient (Wildman–Crippen LogP) is 2.44. The lowest BCUT2D eigenvalue weighted by molar-refractivity contribution is -0.143. The maximum absolute atomic E-state index is 12.5. The summed E-state index contributed by atoms with van der Waals surface area (Å²) in [5, 5.41) is 9.91. The molecule has 0 fully saturated rings. The summed E-state index contributed by atoms with van der Waals surface area (Å²) in [6.45, 7) is 7.91. The third kappa shape index (κ3) is 4.05. The molecule has 0 saturated heterocycles. The first-order valence-electron chi connectivity index (χ1n) is 9.66. The van der Waals surface area contributed by atoms with Crippen LogP contribution in [-0.4, -0.2) is 42.5 Å². The van der Waals surface area contributed by atoms with Crippen molar-refractivity contribution in [3.05, 3.63) is 38.7 Å². The Hall–Kier alpha value is -2.38. The first-order chi connectivity index (χ1) is 13.5. The highest BCUT2D eigenvalue weighted by molar-refractivity contribution is 5.87. The van der Waals surface area contributed by atoms with E-state index in [1.54, 1.807) is 6.92 Å². The number of rotatable bonds is 7. The second-order valence-electron chi connectivity index (χ2n) is 7.07. The quantitative estimate of drug-likeness (QED) is 0.575. The molecule has 1 N–H and O–H groups in total. The number of benzene rings is 1. The number of nitrogens with zero attached hydrogens (tertiary/aromatic N) is 1. The van der Waals surface area contributed by atoms with Crippen LogP contribution in [-0.2, 0) is 22.5 Å². The third-order valence-electron chi connectivity index (χ3n) is 5.14. The van der Waals surface area contributed by atoms with Crippen LogP contribution in [0.2, 0.25) is 0 Å². The summed E-state index contributed by atoms with van der Waals surface area (Å²) >= 11 is 0. The van der Waals surface area contributed by atoms with Crippen molar-refractivity contribution in [3.63, 3.8) is 0 Å². The van der Waals surface area contributed by atoms with E-state index < -0.39 is 5.63 Å². The van der Waals surface area contributed by atoms with E-state index in [9.17, 15) is 9.59 Å². The largest absolute Gasteiger partial charge is 0.477 e. The van der Waals surface area contributed by atoms with E-state index in [0.29, 0.717) is 37.4 Å². The van der Waals surface area contributed by atoms with Crippen LogP contribution in [0.1, 0.15) is 42.0 Å². The number of aliphatic hydroxyl groups excluding tert-OH is 1. The first-order valence-corrected chi connectivity index (χ1v) is 9.66. The summed E-state index contributed by atoms with van der Waals surface area (Å²) in [7, 11) is 0. The SMILES string of the molecule is CCOC(=O)CCc1c(C)c2cc3c(c(C)c2oc1=O)OCN(CCCO)C3. The number of carbonyl (C=O) groups excluding carboxylic acids is 1. The fourth-order valence-corrected chi connectivity index (χ4v) is 3.68. The fourth-order valence-electron chi connectivity index (χ4n) is 3.68. The van der Waals surface area contributed by atoms with Gasteiger partial charge in [0.15, 0.2) is 0 Å². The molecule has 152 valence electrons. The number of fused-ring (bicyclic) bond motifs is 2. The van der Waals surface area contributed by atoms with Crippen LogP contribution in [0, 0.1) is 13.8 Å². The van der Waals surface area contributed by atoms with Crippen molar-refractivity contribution >= 4 is 16.9 Å². The Kier molecular flexibility index (Phi) is 6.36. The lowest BCUT2D eigenvalue weighted by Crippen LogP contribution is -2.33. The van der Waals surface area contributed by atoms with Gasteiger partial charge in [-0.2, -0.15) is 0 Å². The van der Waals surface area contributed by atoms with Gasteiger partial charge in [-0.3, -0.25) is 9.69 Å². The van der Waals surface area contributed by atoms with Crippen LogP contribution in [0.5, 0.6) is 5.75 Å². The van der Waals surface area contributed by atoms with Gasteiger partial charge >= 0.3 is 11.6 Å². The molecule has 2 aromatic rings. The Balaban J connectivity index is 1.97. The predicted molar refractivity (Wildman–Crippen MR) is 105 cm³/mol. The topological polar surface area (TPSA) is 89.2 Å².